The van der Waals surface area contributed by atoms with Gasteiger partial charge in [-0.05, 0) is 31.9 Å². The van der Waals surface area contributed by atoms with Crippen LogP contribution in [0.25, 0.3) is 0 Å². The Balaban J connectivity index is 1.75. The molecule has 0 N–H and O–H groups in total. The summed E-state index contributed by atoms with van der Waals surface area (Å²) in [5.74, 6) is 0.0954. The van der Waals surface area contributed by atoms with Crippen LogP contribution in [-0.4, -0.2) is 60.8 Å². The van der Waals surface area contributed by atoms with Gasteiger partial charge in [0, 0.05) is 32.6 Å². The summed E-state index contributed by atoms with van der Waals surface area (Å²) in [6.07, 6.45) is 1.35. The molecule has 5 nitrogen and oxygen atoms in total. The van der Waals surface area contributed by atoms with E-state index in [1.807, 2.05) is 0 Å². The first-order valence-electron chi connectivity index (χ1n) is 8.63. The molecule has 3 rings (SSSR count). The van der Waals surface area contributed by atoms with Gasteiger partial charge in [0.15, 0.2) is 9.84 Å². The van der Waals surface area contributed by atoms with Crippen molar-refractivity contribution in [3.8, 4) is 0 Å². The molecule has 1 aromatic rings. The number of hydrogen-bond acceptors (Lipinski definition) is 4. The summed E-state index contributed by atoms with van der Waals surface area (Å²) in [6, 6.07) is 8.27. The van der Waals surface area contributed by atoms with E-state index < -0.39 is 15.1 Å². The topological polar surface area (TPSA) is 57.7 Å². The Kier molecular flexibility index (Phi) is 4.97. The van der Waals surface area contributed by atoms with Crippen LogP contribution in [0.1, 0.15) is 30.9 Å². The number of nitrogens with zero attached hydrogens (tertiary/aromatic N) is 2. The van der Waals surface area contributed by atoms with Crippen molar-refractivity contribution in [1.82, 2.24) is 9.80 Å². The van der Waals surface area contributed by atoms with Gasteiger partial charge in [-0.2, -0.15) is 0 Å². The van der Waals surface area contributed by atoms with Gasteiger partial charge in [-0.15, -0.1) is 0 Å². The molecule has 0 saturated carbocycles. The molecule has 2 fully saturated rings. The van der Waals surface area contributed by atoms with Crippen molar-refractivity contribution in [3.63, 3.8) is 0 Å². The number of benzene rings is 1. The minimum Gasteiger partial charge on any atom is -0.338 e. The molecule has 1 amide bonds. The Hall–Kier alpha value is -1.40. The van der Waals surface area contributed by atoms with Crippen molar-refractivity contribution in [2.75, 3.05) is 25.4 Å². The molecular formula is C18H26N2O3S. The number of rotatable bonds is 2. The van der Waals surface area contributed by atoms with E-state index in [1.54, 1.807) is 11.8 Å². The lowest BCUT2D eigenvalue weighted by Crippen LogP contribution is -2.56. The molecule has 0 unspecified atom stereocenters. The molecule has 6 heteroatoms. The lowest BCUT2D eigenvalue weighted by Gasteiger charge is -2.39. The van der Waals surface area contributed by atoms with Gasteiger partial charge >= 0.3 is 0 Å². The van der Waals surface area contributed by atoms with Gasteiger partial charge in [0.25, 0.3) is 0 Å². The first kappa shape index (κ1) is 17.4. The standard InChI is InChI=1S/C18H26N2O3S/c1-14-4-3-5-16(12-14)13-19-8-6-17-18(7-9-19)24(22,23)11-10-20(17)15(2)21/h3-5,12,17-18H,6-11,13H2,1-2H3/t17-,18+/m0/s1. The van der Waals surface area contributed by atoms with Crippen LogP contribution in [0.2, 0.25) is 0 Å². The zero-order valence-corrected chi connectivity index (χ0v) is 15.3. The van der Waals surface area contributed by atoms with Crippen LogP contribution in [0.15, 0.2) is 24.3 Å². The smallest absolute Gasteiger partial charge is 0.219 e. The zero-order chi connectivity index (χ0) is 17.3. The van der Waals surface area contributed by atoms with Gasteiger partial charge < -0.3 is 4.90 Å². The third kappa shape index (κ3) is 3.64. The van der Waals surface area contributed by atoms with Crippen molar-refractivity contribution in [3.05, 3.63) is 35.4 Å². The highest BCUT2D eigenvalue weighted by atomic mass is 32.2. The van der Waals surface area contributed by atoms with E-state index in [0.29, 0.717) is 13.0 Å². The SMILES string of the molecule is CC(=O)N1CCS(=O)(=O)[C@@H]2CCN(Cc3cccc(C)c3)CC[C@@H]21. The molecule has 0 aromatic heterocycles. The second kappa shape index (κ2) is 6.84. The average molecular weight is 350 g/mol. The molecule has 2 aliphatic rings. The lowest BCUT2D eigenvalue weighted by atomic mass is 10.1. The number of amides is 1. The van der Waals surface area contributed by atoms with Gasteiger partial charge in [-0.1, -0.05) is 29.8 Å². The third-order valence-corrected chi connectivity index (χ3v) is 7.50. The Morgan fingerprint density at radius 1 is 1.21 bits per heavy atom. The molecule has 2 atom stereocenters. The summed E-state index contributed by atoms with van der Waals surface area (Å²) in [5, 5.41) is -0.405. The third-order valence-electron chi connectivity index (χ3n) is 5.27. The van der Waals surface area contributed by atoms with E-state index >= 15 is 0 Å². The average Bonchev–Trinajstić information content (AvgIpc) is 2.71. The maximum Gasteiger partial charge on any atom is 0.219 e. The fraction of sp³-hybridized carbons (Fsp3) is 0.611. The van der Waals surface area contributed by atoms with E-state index in [-0.39, 0.29) is 17.7 Å². The van der Waals surface area contributed by atoms with Gasteiger partial charge in [-0.3, -0.25) is 9.69 Å². The first-order chi connectivity index (χ1) is 11.4. The van der Waals surface area contributed by atoms with Gasteiger partial charge in [0.1, 0.15) is 0 Å². The highest BCUT2D eigenvalue weighted by Gasteiger charge is 2.43. The predicted octanol–water partition coefficient (Wildman–Crippen LogP) is 1.60. The number of fused-ring (bicyclic) bond motifs is 1. The van der Waals surface area contributed by atoms with Crippen LogP contribution in [0.4, 0.5) is 0 Å². The van der Waals surface area contributed by atoms with Crippen LogP contribution in [-0.2, 0) is 21.2 Å². The van der Waals surface area contributed by atoms with Crippen LogP contribution in [0, 0.1) is 6.92 Å². The molecule has 24 heavy (non-hydrogen) atoms. The highest BCUT2D eigenvalue weighted by molar-refractivity contribution is 7.92. The number of aryl methyl sites for hydroxylation is 1. The number of sulfone groups is 1. The highest BCUT2D eigenvalue weighted by Crippen LogP contribution is 2.28. The first-order valence-corrected chi connectivity index (χ1v) is 10.3. The van der Waals surface area contributed by atoms with E-state index in [0.717, 1.165) is 26.1 Å². The van der Waals surface area contributed by atoms with Crippen molar-refractivity contribution in [2.45, 2.75) is 44.5 Å². The molecule has 132 valence electrons. The van der Waals surface area contributed by atoms with Crippen LogP contribution in [0.3, 0.4) is 0 Å². The van der Waals surface area contributed by atoms with Crippen molar-refractivity contribution in [1.29, 1.82) is 0 Å². The Morgan fingerprint density at radius 3 is 2.67 bits per heavy atom. The van der Waals surface area contributed by atoms with Crippen LogP contribution >= 0.6 is 0 Å². The van der Waals surface area contributed by atoms with E-state index in [9.17, 15) is 13.2 Å². The lowest BCUT2D eigenvalue weighted by molar-refractivity contribution is -0.131. The largest absolute Gasteiger partial charge is 0.338 e. The van der Waals surface area contributed by atoms with Gasteiger partial charge in [-0.25, -0.2) is 8.42 Å². The fourth-order valence-corrected chi connectivity index (χ4v) is 6.03. The van der Waals surface area contributed by atoms with Gasteiger partial charge in [0.05, 0.1) is 11.0 Å². The molecule has 0 aliphatic carbocycles. The molecule has 2 aliphatic heterocycles. The summed E-state index contributed by atoms with van der Waals surface area (Å²) < 4.78 is 25.0. The summed E-state index contributed by atoms with van der Waals surface area (Å²) in [5.41, 5.74) is 2.49. The number of carbonyl (C=O) groups is 1. The monoisotopic (exact) mass is 350 g/mol. The molecule has 2 heterocycles. The van der Waals surface area contributed by atoms with E-state index in [1.165, 1.54) is 11.1 Å². The maximum atomic E-state index is 12.5. The van der Waals surface area contributed by atoms with Crippen LogP contribution in [0.5, 0.6) is 0 Å². The van der Waals surface area contributed by atoms with Gasteiger partial charge in [0.2, 0.25) is 5.91 Å². The van der Waals surface area contributed by atoms with Crippen molar-refractivity contribution in [2.24, 2.45) is 0 Å². The molecule has 0 radical (unpaired) electrons. The zero-order valence-electron chi connectivity index (χ0n) is 14.4. The minimum absolute atomic E-state index is 0.00738. The van der Waals surface area contributed by atoms with Crippen LogP contribution < -0.4 is 0 Å². The summed E-state index contributed by atoms with van der Waals surface area (Å²) in [7, 11) is -3.10. The second-order valence-electron chi connectivity index (χ2n) is 7.03. The normalized spacial score (nSPS) is 27.3. The second-order valence-corrected chi connectivity index (χ2v) is 9.37. The predicted molar refractivity (Wildman–Crippen MR) is 94.4 cm³/mol. The van der Waals surface area contributed by atoms with Crippen molar-refractivity contribution >= 4 is 15.7 Å². The molecule has 0 bridgehead atoms. The Morgan fingerprint density at radius 2 is 1.96 bits per heavy atom. The van der Waals surface area contributed by atoms with E-state index in [4.69, 9.17) is 0 Å². The Labute approximate surface area is 144 Å². The Bertz CT molecular complexity index is 717. The summed E-state index contributed by atoms with van der Waals surface area (Å²) >= 11 is 0. The number of likely N-dealkylation sites (tertiary alicyclic amines) is 1. The molecule has 0 spiro atoms. The molecule has 2 saturated heterocycles. The number of hydrogen-bond donors (Lipinski definition) is 0. The summed E-state index contributed by atoms with van der Waals surface area (Å²) in [6.45, 7) is 6.40. The fourth-order valence-electron chi connectivity index (χ4n) is 4.05. The maximum absolute atomic E-state index is 12.5. The number of carbonyl (C=O) groups excluding carboxylic acids is 1. The molecule has 1 aromatic carbocycles. The van der Waals surface area contributed by atoms with E-state index in [2.05, 4.69) is 36.1 Å². The molecular weight excluding hydrogens is 324 g/mol. The summed E-state index contributed by atoms with van der Waals surface area (Å²) in [4.78, 5) is 16.0. The van der Waals surface area contributed by atoms with Crippen molar-refractivity contribution < 1.29 is 13.2 Å². The minimum atomic E-state index is -3.10. The quantitative estimate of drug-likeness (QED) is 0.813.